The van der Waals surface area contributed by atoms with Crippen molar-refractivity contribution < 1.29 is 9.84 Å². The monoisotopic (exact) mass is 454 g/mol. The van der Waals surface area contributed by atoms with Gasteiger partial charge in [-0.3, -0.25) is 0 Å². The Hall–Kier alpha value is -1.72. The number of halogens is 1. The second kappa shape index (κ2) is 11.0. The van der Waals surface area contributed by atoms with E-state index in [0.29, 0.717) is 18.7 Å². The van der Waals surface area contributed by atoms with Crippen molar-refractivity contribution in [3.05, 3.63) is 46.5 Å². The van der Waals surface area contributed by atoms with E-state index in [1.807, 2.05) is 12.1 Å². The lowest BCUT2D eigenvalue weighted by Gasteiger charge is -2.03. The van der Waals surface area contributed by atoms with Crippen LogP contribution < -0.4 is 5.69 Å². The second-order valence-electron chi connectivity index (χ2n) is 5.61. The zero-order valence-corrected chi connectivity index (χ0v) is 16.3. The maximum Gasteiger partial charge on any atom is 0.333 e. The molecule has 0 atom stereocenters. The zero-order chi connectivity index (χ0) is 17.9. The van der Waals surface area contributed by atoms with E-state index in [1.54, 1.807) is 12.1 Å². The average Bonchev–Trinajstić information content (AvgIpc) is 2.95. The molecular formula is C19H23IN2O3. The highest BCUT2D eigenvalue weighted by atomic mass is 127. The van der Waals surface area contributed by atoms with Crippen molar-refractivity contribution in [3.63, 3.8) is 0 Å². The van der Waals surface area contributed by atoms with Gasteiger partial charge < -0.3 is 14.8 Å². The zero-order valence-electron chi connectivity index (χ0n) is 14.1. The number of nitrogens with one attached hydrogen (secondary N) is 1. The van der Waals surface area contributed by atoms with Gasteiger partial charge >= 0.3 is 5.69 Å². The van der Waals surface area contributed by atoms with Gasteiger partial charge in [0.15, 0.2) is 0 Å². The molecule has 2 rings (SSSR count). The Bertz CT molecular complexity index is 771. The quantitative estimate of drug-likeness (QED) is 0.263. The molecule has 2 N–H and O–H groups in total. The minimum Gasteiger partial charge on any atom is -0.493 e. The molecule has 0 amide bonds. The Morgan fingerprint density at radius 3 is 2.80 bits per heavy atom. The van der Waals surface area contributed by atoms with Crippen LogP contribution in [-0.2, 0) is 4.74 Å². The summed E-state index contributed by atoms with van der Waals surface area (Å²) in [6.45, 7) is 1.44. The first-order chi connectivity index (χ1) is 12.2. The topological polar surface area (TPSA) is 67.2 Å². The number of aromatic nitrogens is 2. The first-order valence-corrected chi connectivity index (χ1v) is 9.97. The van der Waals surface area contributed by atoms with E-state index < -0.39 is 0 Å². The number of aromatic amines is 1. The molecule has 0 aliphatic carbocycles. The number of benzene rings is 1. The number of nitrogens with zero attached hydrogens (tertiary/aromatic N) is 1. The van der Waals surface area contributed by atoms with E-state index in [-0.39, 0.29) is 11.6 Å². The fourth-order valence-electron chi connectivity index (χ4n) is 2.37. The smallest absolute Gasteiger partial charge is 0.333 e. The van der Waals surface area contributed by atoms with Gasteiger partial charge in [-0.2, -0.15) is 0 Å². The number of hydrogen-bond acceptors (Lipinski definition) is 3. The third kappa shape index (κ3) is 6.59. The summed E-state index contributed by atoms with van der Waals surface area (Å²) < 4.78 is 8.01. The van der Waals surface area contributed by atoms with Gasteiger partial charge in [0.25, 0.3) is 0 Å². The first kappa shape index (κ1) is 19.6. The normalized spacial score (nSPS) is 10.4. The molecule has 0 aliphatic rings. The average molecular weight is 454 g/mol. The van der Waals surface area contributed by atoms with Crippen LogP contribution in [0.2, 0.25) is 0 Å². The van der Waals surface area contributed by atoms with E-state index in [9.17, 15) is 9.90 Å². The van der Waals surface area contributed by atoms with Crippen LogP contribution in [0.4, 0.5) is 0 Å². The van der Waals surface area contributed by atoms with E-state index >= 15 is 0 Å². The highest BCUT2D eigenvalue weighted by Gasteiger charge is 2.06. The first-order valence-electron chi connectivity index (χ1n) is 8.45. The lowest BCUT2D eigenvalue weighted by Crippen LogP contribution is -2.14. The summed E-state index contributed by atoms with van der Waals surface area (Å²) in [5.41, 5.74) is 0.997. The van der Waals surface area contributed by atoms with Gasteiger partial charge in [-0.1, -0.05) is 53.3 Å². The third-order valence-corrected chi connectivity index (χ3v) is 4.40. The van der Waals surface area contributed by atoms with Crippen molar-refractivity contribution in [3.8, 4) is 23.4 Å². The Kier molecular flexibility index (Phi) is 8.63. The molecule has 1 heterocycles. The maximum absolute atomic E-state index is 11.7. The Balaban J connectivity index is 1.78. The van der Waals surface area contributed by atoms with Crippen LogP contribution in [0.5, 0.6) is 5.88 Å². The molecular weight excluding hydrogens is 431 g/mol. The molecule has 1 aromatic heterocycles. The number of H-pyrrole nitrogens is 1. The summed E-state index contributed by atoms with van der Waals surface area (Å²) >= 11 is 2.41. The summed E-state index contributed by atoms with van der Waals surface area (Å²) in [5.74, 6) is 6.02. The van der Waals surface area contributed by atoms with Crippen LogP contribution in [0, 0.1) is 11.8 Å². The number of hydrogen-bond donors (Lipinski definition) is 2. The summed E-state index contributed by atoms with van der Waals surface area (Å²) in [4.78, 5) is 14.1. The molecule has 6 heteroatoms. The molecule has 0 fully saturated rings. The molecule has 25 heavy (non-hydrogen) atoms. The fourth-order valence-corrected chi connectivity index (χ4v) is 2.91. The van der Waals surface area contributed by atoms with Crippen molar-refractivity contribution in [1.29, 1.82) is 0 Å². The number of ether oxygens (including phenoxy) is 1. The van der Waals surface area contributed by atoms with Crippen molar-refractivity contribution in [2.24, 2.45) is 0 Å². The summed E-state index contributed by atoms with van der Waals surface area (Å²) in [5, 5.41) is 9.72. The van der Waals surface area contributed by atoms with E-state index in [0.717, 1.165) is 18.6 Å². The van der Waals surface area contributed by atoms with Gasteiger partial charge in [-0.05, 0) is 35.5 Å². The molecule has 0 aliphatic heterocycles. The SMILES string of the molecule is O=c1[nH]cc(O)n1-c1cccc(C#CCCOCCCCCCI)c1. The highest BCUT2D eigenvalue weighted by molar-refractivity contribution is 14.1. The fraction of sp³-hybridized carbons (Fsp3) is 0.421. The molecule has 0 unspecified atom stereocenters. The van der Waals surface area contributed by atoms with E-state index in [1.165, 1.54) is 34.5 Å². The predicted octanol–water partition coefficient (Wildman–Crippen LogP) is 3.62. The van der Waals surface area contributed by atoms with Crippen LogP contribution in [0.15, 0.2) is 35.3 Å². The molecule has 134 valence electrons. The lowest BCUT2D eigenvalue weighted by atomic mass is 10.2. The minimum absolute atomic E-state index is 0.123. The van der Waals surface area contributed by atoms with Gasteiger partial charge in [0.05, 0.1) is 18.5 Å². The van der Waals surface area contributed by atoms with Crippen LogP contribution in [0.1, 0.15) is 37.7 Å². The Morgan fingerprint density at radius 1 is 1.20 bits per heavy atom. The van der Waals surface area contributed by atoms with Crippen LogP contribution >= 0.6 is 22.6 Å². The number of rotatable bonds is 9. The van der Waals surface area contributed by atoms with Crippen molar-refractivity contribution in [2.45, 2.75) is 32.1 Å². The molecule has 0 radical (unpaired) electrons. The van der Waals surface area contributed by atoms with Crippen LogP contribution in [0.25, 0.3) is 5.69 Å². The standard InChI is InChI=1S/C19H23IN2O3/c20-11-4-1-2-5-12-25-13-6-3-8-16-9-7-10-17(14-16)22-18(23)15-21-19(22)24/h7,9-10,14-15,23H,1-2,4-6,11-13H2,(H,21,24). The largest absolute Gasteiger partial charge is 0.493 e. The van der Waals surface area contributed by atoms with Gasteiger partial charge in [0, 0.05) is 18.6 Å². The molecule has 0 saturated heterocycles. The van der Waals surface area contributed by atoms with Gasteiger partial charge in [-0.25, -0.2) is 9.36 Å². The van der Waals surface area contributed by atoms with Gasteiger partial charge in [0.1, 0.15) is 0 Å². The molecule has 5 nitrogen and oxygen atoms in total. The van der Waals surface area contributed by atoms with Crippen molar-refractivity contribution in [1.82, 2.24) is 9.55 Å². The Morgan fingerprint density at radius 2 is 2.04 bits per heavy atom. The van der Waals surface area contributed by atoms with Gasteiger partial charge in [-0.15, -0.1) is 0 Å². The number of imidazole rings is 1. The summed E-state index contributed by atoms with van der Waals surface area (Å²) in [6.07, 6.45) is 6.85. The lowest BCUT2D eigenvalue weighted by molar-refractivity contribution is 0.135. The van der Waals surface area contributed by atoms with Crippen molar-refractivity contribution in [2.75, 3.05) is 17.6 Å². The molecule has 0 bridgehead atoms. The predicted molar refractivity (Wildman–Crippen MR) is 108 cm³/mol. The summed E-state index contributed by atoms with van der Waals surface area (Å²) in [6, 6.07) is 7.21. The minimum atomic E-state index is -0.380. The molecule has 1 aromatic carbocycles. The number of unbranched alkanes of at least 4 members (excludes halogenated alkanes) is 3. The van der Waals surface area contributed by atoms with Gasteiger partial charge in [0.2, 0.25) is 5.88 Å². The maximum atomic E-state index is 11.7. The number of aromatic hydroxyl groups is 1. The highest BCUT2D eigenvalue weighted by Crippen LogP contribution is 2.14. The number of alkyl halides is 1. The van der Waals surface area contributed by atoms with Crippen LogP contribution in [-0.4, -0.2) is 32.3 Å². The third-order valence-electron chi connectivity index (χ3n) is 3.64. The molecule has 2 aromatic rings. The molecule has 0 spiro atoms. The van der Waals surface area contributed by atoms with Crippen LogP contribution in [0.3, 0.4) is 0 Å². The van der Waals surface area contributed by atoms with E-state index in [2.05, 4.69) is 39.4 Å². The van der Waals surface area contributed by atoms with E-state index in [4.69, 9.17) is 4.74 Å². The Labute approximate surface area is 161 Å². The summed E-state index contributed by atoms with van der Waals surface area (Å²) in [7, 11) is 0. The van der Waals surface area contributed by atoms with Crippen molar-refractivity contribution >= 4 is 22.6 Å². The molecule has 0 saturated carbocycles. The second-order valence-corrected chi connectivity index (χ2v) is 6.68.